The molecule has 0 saturated carbocycles. The minimum Gasteiger partial charge on any atom is -0.477 e. The van der Waals surface area contributed by atoms with E-state index in [4.69, 9.17) is 14.6 Å². The summed E-state index contributed by atoms with van der Waals surface area (Å²) >= 11 is 1.13. The van der Waals surface area contributed by atoms with E-state index in [1.54, 1.807) is 6.92 Å². The van der Waals surface area contributed by atoms with Crippen LogP contribution in [0, 0.1) is 6.92 Å². The summed E-state index contributed by atoms with van der Waals surface area (Å²) in [5.74, 6) is -0.549. The van der Waals surface area contributed by atoms with Gasteiger partial charge in [0.1, 0.15) is 22.6 Å². The Labute approximate surface area is 114 Å². The molecule has 0 fully saturated rings. The molecule has 0 spiro atoms. The lowest BCUT2D eigenvalue weighted by Crippen LogP contribution is -2.07. The number of aromatic carboxylic acids is 1. The number of carboxylic acid groups (broad SMARTS) is 1. The number of carboxylic acids is 1. The molecular formula is C12H14N2O4S. The highest BCUT2D eigenvalue weighted by molar-refractivity contribution is 7.20. The number of carbonyl (C=O) groups is 1. The van der Waals surface area contributed by atoms with Gasteiger partial charge in [-0.1, -0.05) is 0 Å². The second kappa shape index (κ2) is 5.94. The van der Waals surface area contributed by atoms with Crippen molar-refractivity contribution in [3.05, 3.63) is 16.8 Å². The average Bonchev–Trinajstić information content (AvgIpc) is 2.73. The van der Waals surface area contributed by atoms with Crippen molar-refractivity contribution in [2.45, 2.75) is 13.8 Å². The van der Waals surface area contributed by atoms with E-state index in [0.29, 0.717) is 41.5 Å². The fraction of sp³-hybridized carbons (Fsp3) is 0.417. The molecule has 0 amide bonds. The number of aryl methyl sites for hydroxylation is 1. The van der Waals surface area contributed by atoms with E-state index in [2.05, 4.69) is 9.97 Å². The lowest BCUT2D eigenvalue weighted by molar-refractivity contribution is 0.0701. The summed E-state index contributed by atoms with van der Waals surface area (Å²) in [6.45, 7) is 5.11. The minimum absolute atomic E-state index is 0.269. The lowest BCUT2D eigenvalue weighted by Gasteiger charge is -2.06. The van der Waals surface area contributed by atoms with E-state index in [-0.39, 0.29) is 4.88 Å². The van der Waals surface area contributed by atoms with E-state index in [1.807, 2.05) is 6.92 Å². The van der Waals surface area contributed by atoms with Gasteiger partial charge in [-0.15, -0.1) is 11.3 Å². The molecule has 0 aromatic carbocycles. The van der Waals surface area contributed by atoms with E-state index in [1.165, 1.54) is 6.33 Å². The van der Waals surface area contributed by atoms with Gasteiger partial charge in [0.2, 0.25) is 5.88 Å². The third-order valence-electron chi connectivity index (χ3n) is 2.56. The van der Waals surface area contributed by atoms with Crippen molar-refractivity contribution < 1.29 is 19.4 Å². The fourth-order valence-corrected chi connectivity index (χ4v) is 2.67. The highest BCUT2D eigenvalue weighted by Crippen LogP contribution is 2.34. The number of ether oxygens (including phenoxy) is 2. The van der Waals surface area contributed by atoms with Crippen molar-refractivity contribution in [2.24, 2.45) is 0 Å². The van der Waals surface area contributed by atoms with E-state index < -0.39 is 5.97 Å². The third kappa shape index (κ3) is 2.82. The molecule has 0 saturated heterocycles. The van der Waals surface area contributed by atoms with Crippen LogP contribution >= 0.6 is 11.3 Å². The van der Waals surface area contributed by atoms with E-state index in [0.717, 1.165) is 11.3 Å². The first-order chi connectivity index (χ1) is 9.15. The second-order valence-electron chi connectivity index (χ2n) is 3.77. The number of hydrogen-bond donors (Lipinski definition) is 1. The van der Waals surface area contributed by atoms with Crippen LogP contribution in [-0.2, 0) is 4.74 Å². The van der Waals surface area contributed by atoms with Crippen LogP contribution in [0.1, 0.15) is 22.2 Å². The summed E-state index contributed by atoms with van der Waals surface area (Å²) in [5.41, 5.74) is 0.638. The van der Waals surface area contributed by atoms with Crippen molar-refractivity contribution in [1.29, 1.82) is 0 Å². The van der Waals surface area contributed by atoms with Gasteiger partial charge in [0.05, 0.1) is 12.0 Å². The molecule has 0 radical (unpaired) electrons. The quantitative estimate of drug-likeness (QED) is 0.817. The van der Waals surface area contributed by atoms with Gasteiger partial charge in [-0.2, -0.15) is 0 Å². The molecular weight excluding hydrogens is 268 g/mol. The number of nitrogens with zero attached hydrogens (tertiary/aromatic N) is 2. The Morgan fingerprint density at radius 1 is 1.42 bits per heavy atom. The van der Waals surface area contributed by atoms with Crippen LogP contribution in [0.15, 0.2) is 6.33 Å². The molecule has 0 aliphatic rings. The number of thiophene rings is 1. The van der Waals surface area contributed by atoms with Gasteiger partial charge in [0, 0.05) is 6.61 Å². The predicted molar refractivity (Wildman–Crippen MR) is 71.1 cm³/mol. The Hall–Kier alpha value is -1.73. The molecule has 6 nitrogen and oxygen atoms in total. The second-order valence-corrected chi connectivity index (χ2v) is 4.76. The monoisotopic (exact) mass is 282 g/mol. The van der Waals surface area contributed by atoms with Gasteiger partial charge < -0.3 is 14.6 Å². The SMILES string of the molecule is CCOCCOc1ncnc2sc(C(=O)O)c(C)c12. The Kier molecular flexibility index (Phi) is 4.28. The molecule has 1 N–H and O–H groups in total. The normalized spacial score (nSPS) is 10.8. The zero-order valence-corrected chi connectivity index (χ0v) is 11.5. The standard InChI is InChI=1S/C12H14N2O4S/c1-3-17-4-5-18-10-8-7(2)9(12(15)16)19-11(8)14-6-13-10/h6H,3-5H2,1-2H3,(H,15,16). The zero-order chi connectivity index (χ0) is 13.8. The molecule has 0 bridgehead atoms. The van der Waals surface area contributed by atoms with Crippen LogP contribution in [0.25, 0.3) is 10.2 Å². The highest BCUT2D eigenvalue weighted by atomic mass is 32.1. The first-order valence-electron chi connectivity index (χ1n) is 5.83. The Balaban J connectivity index is 2.31. The van der Waals surface area contributed by atoms with E-state index in [9.17, 15) is 4.79 Å². The van der Waals surface area contributed by atoms with Gasteiger partial charge in [0.25, 0.3) is 0 Å². The summed E-state index contributed by atoms with van der Waals surface area (Å²) in [4.78, 5) is 20.1. The number of fused-ring (bicyclic) bond motifs is 1. The van der Waals surface area contributed by atoms with Crippen LogP contribution in [0.4, 0.5) is 0 Å². The molecule has 0 aliphatic heterocycles. The number of aromatic nitrogens is 2. The van der Waals surface area contributed by atoms with E-state index >= 15 is 0 Å². The number of rotatable bonds is 6. The summed E-state index contributed by atoms with van der Waals surface area (Å²) in [6.07, 6.45) is 1.37. The molecule has 2 aromatic rings. The van der Waals surface area contributed by atoms with Gasteiger partial charge in [-0.25, -0.2) is 14.8 Å². The first-order valence-corrected chi connectivity index (χ1v) is 6.64. The third-order valence-corrected chi connectivity index (χ3v) is 3.74. The summed E-state index contributed by atoms with van der Waals surface area (Å²) in [5, 5.41) is 9.77. The Morgan fingerprint density at radius 2 is 2.21 bits per heavy atom. The molecule has 2 heterocycles. The Morgan fingerprint density at radius 3 is 2.89 bits per heavy atom. The smallest absolute Gasteiger partial charge is 0.346 e. The largest absolute Gasteiger partial charge is 0.477 e. The van der Waals surface area contributed by atoms with Gasteiger partial charge in [-0.05, 0) is 19.4 Å². The summed E-state index contributed by atoms with van der Waals surface area (Å²) in [7, 11) is 0. The molecule has 102 valence electrons. The van der Waals surface area contributed by atoms with Gasteiger partial charge in [0.15, 0.2) is 0 Å². The van der Waals surface area contributed by atoms with Crippen molar-refractivity contribution in [3.8, 4) is 5.88 Å². The van der Waals surface area contributed by atoms with Crippen molar-refractivity contribution in [2.75, 3.05) is 19.8 Å². The van der Waals surface area contributed by atoms with Crippen molar-refractivity contribution in [1.82, 2.24) is 9.97 Å². The van der Waals surface area contributed by atoms with Crippen LogP contribution in [0.3, 0.4) is 0 Å². The minimum atomic E-state index is -0.958. The number of hydrogen-bond acceptors (Lipinski definition) is 6. The summed E-state index contributed by atoms with van der Waals surface area (Å²) in [6, 6.07) is 0. The van der Waals surface area contributed by atoms with Gasteiger partial charge in [-0.3, -0.25) is 0 Å². The fourth-order valence-electron chi connectivity index (χ4n) is 1.69. The van der Waals surface area contributed by atoms with Crippen molar-refractivity contribution in [3.63, 3.8) is 0 Å². The van der Waals surface area contributed by atoms with Crippen LogP contribution in [0.5, 0.6) is 5.88 Å². The molecule has 0 aliphatic carbocycles. The maximum atomic E-state index is 11.1. The first kappa shape index (κ1) is 13.7. The zero-order valence-electron chi connectivity index (χ0n) is 10.7. The Bertz CT molecular complexity index is 597. The maximum Gasteiger partial charge on any atom is 0.346 e. The van der Waals surface area contributed by atoms with Crippen LogP contribution < -0.4 is 4.74 Å². The lowest BCUT2D eigenvalue weighted by atomic mass is 10.2. The van der Waals surface area contributed by atoms with Crippen LogP contribution in [-0.4, -0.2) is 40.9 Å². The average molecular weight is 282 g/mol. The van der Waals surface area contributed by atoms with Gasteiger partial charge >= 0.3 is 5.97 Å². The molecule has 7 heteroatoms. The maximum absolute atomic E-state index is 11.1. The topological polar surface area (TPSA) is 81.5 Å². The summed E-state index contributed by atoms with van der Waals surface area (Å²) < 4.78 is 10.7. The highest BCUT2D eigenvalue weighted by Gasteiger charge is 2.19. The van der Waals surface area contributed by atoms with Crippen LogP contribution in [0.2, 0.25) is 0 Å². The predicted octanol–water partition coefficient (Wildman–Crippen LogP) is 2.11. The van der Waals surface area contributed by atoms with Crippen molar-refractivity contribution >= 4 is 27.5 Å². The molecule has 0 unspecified atom stereocenters. The molecule has 2 aromatic heterocycles. The molecule has 19 heavy (non-hydrogen) atoms. The molecule has 2 rings (SSSR count). The molecule has 0 atom stereocenters.